The first-order valence-corrected chi connectivity index (χ1v) is 11.1. The fourth-order valence-electron chi connectivity index (χ4n) is 4.17. The maximum absolute atomic E-state index is 6.21. The van der Waals surface area contributed by atoms with E-state index in [0.717, 1.165) is 44.5 Å². The van der Waals surface area contributed by atoms with Crippen molar-refractivity contribution in [2.24, 2.45) is 0 Å². The van der Waals surface area contributed by atoms with E-state index in [1.165, 1.54) is 11.1 Å². The number of allylic oxidation sites excluding steroid dienone is 5. The van der Waals surface area contributed by atoms with Gasteiger partial charge in [0.25, 0.3) is 0 Å². The minimum absolute atomic E-state index is 0.887. The Morgan fingerprint density at radius 1 is 0.758 bits per heavy atom. The van der Waals surface area contributed by atoms with Crippen LogP contribution in [0, 0.1) is 0 Å². The Morgan fingerprint density at radius 3 is 2.33 bits per heavy atom. The summed E-state index contributed by atoms with van der Waals surface area (Å²) in [6.07, 6.45) is 6.05. The van der Waals surface area contributed by atoms with Crippen LogP contribution >= 0.6 is 0 Å². The van der Waals surface area contributed by atoms with Crippen molar-refractivity contribution >= 4 is 33.2 Å². The monoisotopic (exact) mass is 427 g/mol. The Labute approximate surface area is 194 Å². The first-order chi connectivity index (χ1) is 16.2. The smallest absolute Gasteiger partial charge is 0.143 e. The molecule has 0 bridgehead atoms. The molecule has 1 N–H and O–H groups in total. The molecule has 0 aliphatic carbocycles. The minimum atomic E-state index is 0.887. The molecular weight excluding hydrogens is 402 g/mol. The van der Waals surface area contributed by atoms with E-state index in [1.54, 1.807) is 0 Å². The summed E-state index contributed by atoms with van der Waals surface area (Å²) in [6, 6.07) is 33.2. The summed E-state index contributed by atoms with van der Waals surface area (Å²) in [6.45, 7) is 6.12. The molecule has 1 aromatic heterocycles. The normalized spacial score (nSPS) is 12.3. The minimum Gasteiger partial charge on any atom is -0.455 e. The highest BCUT2D eigenvalue weighted by Gasteiger charge is 2.11. The molecule has 0 saturated carbocycles. The third-order valence-electron chi connectivity index (χ3n) is 5.79. The zero-order valence-electron chi connectivity index (χ0n) is 18.6. The van der Waals surface area contributed by atoms with Crippen molar-refractivity contribution in [2.45, 2.75) is 6.92 Å². The highest BCUT2D eigenvalue weighted by atomic mass is 16.3. The van der Waals surface area contributed by atoms with Crippen molar-refractivity contribution < 1.29 is 4.42 Å². The molecule has 0 unspecified atom stereocenters. The van der Waals surface area contributed by atoms with Crippen LogP contribution in [0.3, 0.4) is 0 Å². The first-order valence-electron chi connectivity index (χ1n) is 11.1. The molecule has 0 amide bonds. The molecule has 160 valence electrons. The van der Waals surface area contributed by atoms with E-state index in [9.17, 15) is 0 Å². The molecule has 0 fully saturated rings. The summed E-state index contributed by atoms with van der Waals surface area (Å²) in [5, 5.41) is 5.80. The molecule has 0 aliphatic rings. The second-order valence-electron chi connectivity index (χ2n) is 7.99. The second-order valence-corrected chi connectivity index (χ2v) is 7.99. The zero-order chi connectivity index (χ0) is 22.6. The topological polar surface area (TPSA) is 25.2 Å². The van der Waals surface area contributed by atoms with Gasteiger partial charge in [-0.3, -0.25) is 0 Å². The molecule has 2 heteroatoms. The molecular formula is C31H25NO. The summed E-state index contributed by atoms with van der Waals surface area (Å²) in [5.74, 6) is 0. The Morgan fingerprint density at radius 2 is 1.48 bits per heavy atom. The van der Waals surface area contributed by atoms with Crippen molar-refractivity contribution in [1.82, 2.24) is 0 Å². The molecule has 0 saturated heterocycles. The summed E-state index contributed by atoms with van der Waals surface area (Å²) in [4.78, 5) is 0. The Hall–Kier alpha value is -4.30. The van der Waals surface area contributed by atoms with Gasteiger partial charge in [-0.2, -0.15) is 0 Å². The van der Waals surface area contributed by atoms with E-state index >= 15 is 0 Å². The summed E-state index contributed by atoms with van der Waals surface area (Å²) < 4.78 is 6.21. The molecule has 5 rings (SSSR count). The van der Waals surface area contributed by atoms with E-state index in [4.69, 9.17) is 4.42 Å². The first kappa shape index (κ1) is 20.6. The van der Waals surface area contributed by atoms with Gasteiger partial charge in [-0.05, 0) is 36.3 Å². The third-order valence-corrected chi connectivity index (χ3v) is 5.79. The van der Waals surface area contributed by atoms with Crippen LogP contribution < -0.4 is 5.32 Å². The van der Waals surface area contributed by atoms with Crippen LogP contribution in [0.5, 0.6) is 0 Å². The number of para-hydroxylation sites is 3. The quantitative estimate of drug-likeness (QED) is 0.274. The van der Waals surface area contributed by atoms with Gasteiger partial charge in [0.1, 0.15) is 11.2 Å². The van der Waals surface area contributed by atoms with Gasteiger partial charge in [0, 0.05) is 33.3 Å². The van der Waals surface area contributed by atoms with Gasteiger partial charge in [-0.15, -0.1) is 0 Å². The van der Waals surface area contributed by atoms with Crippen molar-refractivity contribution in [3.8, 4) is 11.1 Å². The van der Waals surface area contributed by atoms with Crippen LogP contribution in [-0.2, 0) is 0 Å². The molecule has 33 heavy (non-hydrogen) atoms. The van der Waals surface area contributed by atoms with Crippen LogP contribution in [0.1, 0.15) is 12.5 Å². The van der Waals surface area contributed by atoms with Crippen LogP contribution in [-0.4, -0.2) is 0 Å². The van der Waals surface area contributed by atoms with E-state index in [1.807, 2.05) is 30.3 Å². The van der Waals surface area contributed by atoms with E-state index < -0.39 is 0 Å². The fourth-order valence-corrected chi connectivity index (χ4v) is 4.17. The molecule has 0 radical (unpaired) electrons. The Balaban J connectivity index is 1.49. The van der Waals surface area contributed by atoms with E-state index in [2.05, 4.69) is 104 Å². The molecule has 1 heterocycles. The number of furan rings is 1. The SMILES string of the molecule is C=C/C(=C\C=C(/C)Nc1ccccc1-c1ccccc1)c1cccc2c1oc1ccccc12. The Bertz CT molecular complexity index is 1500. The average molecular weight is 428 g/mol. The van der Waals surface area contributed by atoms with Crippen LogP contribution in [0.2, 0.25) is 0 Å². The van der Waals surface area contributed by atoms with Crippen molar-refractivity contribution in [3.05, 3.63) is 133 Å². The van der Waals surface area contributed by atoms with Gasteiger partial charge in [0.2, 0.25) is 0 Å². The lowest BCUT2D eigenvalue weighted by atomic mass is 10.0. The van der Waals surface area contributed by atoms with Crippen LogP contribution in [0.15, 0.2) is 132 Å². The lowest BCUT2D eigenvalue weighted by molar-refractivity contribution is 0.668. The fraction of sp³-hybridized carbons (Fsp3) is 0.0323. The highest BCUT2D eigenvalue weighted by molar-refractivity contribution is 6.08. The molecule has 4 aromatic carbocycles. The molecule has 0 atom stereocenters. The number of benzene rings is 4. The molecule has 5 aromatic rings. The van der Waals surface area contributed by atoms with Crippen molar-refractivity contribution in [2.75, 3.05) is 5.32 Å². The van der Waals surface area contributed by atoms with Gasteiger partial charge in [-0.25, -0.2) is 0 Å². The van der Waals surface area contributed by atoms with Gasteiger partial charge < -0.3 is 9.73 Å². The number of fused-ring (bicyclic) bond motifs is 3. The highest BCUT2D eigenvalue weighted by Crippen LogP contribution is 2.34. The van der Waals surface area contributed by atoms with Crippen LogP contribution in [0.25, 0.3) is 38.6 Å². The standard InChI is InChI=1S/C31H25NO/c1-3-23(26-16-11-17-28-27-15-8-10-19-30(27)33-31(26)28)21-20-22(2)32-29-18-9-7-14-25(29)24-12-5-4-6-13-24/h3-21,32H,1H2,2H3/b22-20+,23-21+. The molecule has 2 nitrogen and oxygen atoms in total. The Kier molecular flexibility index (Phi) is 5.65. The summed E-state index contributed by atoms with van der Waals surface area (Å²) in [5.41, 5.74) is 8.30. The number of hydrogen-bond acceptors (Lipinski definition) is 2. The maximum atomic E-state index is 6.21. The van der Waals surface area contributed by atoms with Gasteiger partial charge in [0.15, 0.2) is 0 Å². The van der Waals surface area contributed by atoms with Crippen molar-refractivity contribution in [1.29, 1.82) is 0 Å². The van der Waals surface area contributed by atoms with Crippen molar-refractivity contribution in [3.63, 3.8) is 0 Å². The van der Waals surface area contributed by atoms with E-state index in [0.29, 0.717) is 0 Å². The molecule has 0 spiro atoms. The zero-order valence-corrected chi connectivity index (χ0v) is 18.6. The number of rotatable bonds is 6. The van der Waals surface area contributed by atoms with Gasteiger partial charge in [0.05, 0.1) is 0 Å². The largest absolute Gasteiger partial charge is 0.455 e. The summed E-state index contributed by atoms with van der Waals surface area (Å²) >= 11 is 0. The predicted molar refractivity (Wildman–Crippen MR) is 141 cm³/mol. The predicted octanol–water partition coefficient (Wildman–Crippen LogP) is 8.84. The average Bonchev–Trinajstić information content (AvgIpc) is 3.25. The van der Waals surface area contributed by atoms with Crippen LogP contribution in [0.4, 0.5) is 5.69 Å². The number of nitrogens with one attached hydrogen (secondary N) is 1. The lowest BCUT2D eigenvalue weighted by Crippen LogP contribution is -1.97. The number of hydrogen-bond donors (Lipinski definition) is 1. The number of anilines is 1. The van der Waals surface area contributed by atoms with Gasteiger partial charge in [-0.1, -0.05) is 104 Å². The van der Waals surface area contributed by atoms with E-state index in [-0.39, 0.29) is 0 Å². The maximum Gasteiger partial charge on any atom is 0.143 e. The lowest BCUT2D eigenvalue weighted by Gasteiger charge is -2.12. The third kappa shape index (κ3) is 4.11. The van der Waals surface area contributed by atoms with Gasteiger partial charge >= 0.3 is 0 Å². The summed E-state index contributed by atoms with van der Waals surface area (Å²) in [7, 11) is 0. The second kappa shape index (κ2) is 9.05. The molecule has 0 aliphatic heterocycles.